The first-order chi connectivity index (χ1) is 10.1. The van der Waals surface area contributed by atoms with Crippen LogP contribution in [-0.4, -0.2) is 43.3 Å². The zero-order valence-corrected chi connectivity index (χ0v) is 12.0. The molecule has 114 valence electrons. The highest BCUT2D eigenvalue weighted by atomic mass is 16.5. The van der Waals surface area contributed by atoms with E-state index in [1.165, 1.54) is 7.11 Å². The largest absolute Gasteiger partial charge is 0.480 e. The SMILES string of the molecule is COCCC(NC(=O)c1cccc2c1CCNC2)C(=O)O. The van der Waals surface area contributed by atoms with Crippen LogP contribution >= 0.6 is 0 Å². The average Bonchev–Trinajstić information content (AvgIpc) is 2.50. The summed E-state index contributed by atoms with van der Waals surface area (Å²) in [5.74, 6) is -1.39. The summed E-state index contributed by atoms with van der Waals surface area (Å²) in [5.41, 5.74) is 2.67. The molecule has 0 saturated heterocycles. The van der Waals surface area contributed by atoms with Crippen molar-refractivity contribution >= 4 is 11.9 Å². The Morgan fingerprint density at radius 3 is 3.00 bits per heavy atom. The number of carboxylic acids is 1. The highest BCUT2D eigenvalue weighted by Gasteiger charge is 2.23. The van der Waals surface area contributed by atoms with Gasteiger partial charge in [-0.1, -0.05) is 12.1 Å². The molecule has 0 radical (unpaired) electrons. The first-order valence-corrected chi connectivity index (χ1v) is 6.97. The van der Waals surface area contributed by atoms with Crippen molar-refractivity contribution in [2.45, 2.75) is 25.4 Å². The fourth-order valence-corrected chi connectivity index (χ4v) is 2.47. The molecule has 1 atom stereocenters. The van der Waals surface area contributed by atoms with Crippen molar-refractivity contribution in [2.24, 2.45) is 0 Å². The lowest BCUT2D eigenvalue weighted by atomic mass is 9.95. The lowest BCUT2D eigenvalue weighted by Crippen LogP contribution is -2.42. The van der Waals surface area contributed by atoms with Crippen LogP contribution in [0.15, 0.2) is 18.2 Å². The maximum atomic E-state index is 12.4. The maximum Gasteiger partial charge on any atom is 0.326 e. The first kappa shape index (κ1) is 15.5. The summed E-state index contributed by atoms with van der Waals surface area (Å²) in [7, 11) is 1.50. The molecule has 0 saturated carbocycles. The van der Waals surface area contributed by atoms with Crippen molar-refractivity contribution in [3.63, 3.8) is 0 Å². The van der Waals surface area contributed by atoms with E-state index in [4.69, 9.17) is 9.84 Å². The Morgan fingerprint density at radius 1 is 1.48 bits per heavy atom. The van der Waals surface area contributed by atoms with Crippen LogP contribution in [0.4, 0.5) is 0 Å². The standard InChI is InChI=1S/C15H20N2O4/c1-21-8-6-13(15(19)20)17-14(18)12-4-2-3-10-9-16-7-5-11(10)12/h2-4,13,16H,5-9H2,1H3,(H,17,18)(H,19,20). The number of ether oxygens (including phenoxy) is 1. The summed E-state index contributed by atoms with van der Waals surface area (Å²) in [4.78, 5) is 23.5. The van der Waals surface area contributed by atoms with Gasteiger partial charge >= 0.3 is 5.97 Å². The molecular formula is C15H20N2O4. The van der Waals surface area contributed by atoms with Gasteiger partial charge in [-0.2, -0.15) is 0 Å². The van der Waals surface area contributed by atoms with Gasteiger partial charge in [-0.3, -0.25) is 4.79 Å². The summed E-state index contributed by atoms with van der Waals surface area (Å²) in [6, 6.07) is 4.62. The number of carbonyl (C=O) groups is 2. The summed E-state index contributed by atoms with van der Waals surface area (Å²) in [6.45, 7) is 1.85. The molecule has 0 bridgehead atoms. The minimum absolute atomic E-state index is 0.244. The Labute approximate surface area is 123 Å². The molecule has 1 unspecified atom stereocenters. The number of fused-ring (bicyclic) bond motifs is 1. The molecule has 1 aliphatic rings. The maximum absolute atomic E-state index is 12.4. The molecule has 3 N–H and O–H groups in total. The number of benzene rings is 1. The molecule has 0 fully saturated rings. The van der Waals surface area contributed by atoms with Crippen LogP contribution in [0, 0.1) is 0 Å². The number of hydrogen-bond acceptors (Lipinski definition) is 4. The fraction of sp³-hybridized carbons (Fsp3) is 0.467. The van der Waals surface area contributed by atoms with Crippen molar-refractivity contribution in [3.05, 3.63) is 34.9 Å². The summed E-state index contributed by atoms with van der Waals surface area (Å²) in [6.07, 6.45) is 1.02. The van der Waals surface area contributed by atoms with E-state index in [0.717, 1.165) is 30.6 Å². The van der Waals surface area contributed by atoms with E-state index < -0.39 is 12.0 Å². The molecule has 0 aliphatic carbocycles. The normalized spacial score (nSPS) is 15.1. The molecule has 1 heterocycles. The molecule has 0 spiro atoms. The van der Waals surface area contributed by atoms with Gasteiger partial charge in [0.05, 0.1) is 0 Å². The molecule has 6 heteroatoms. The fourth-order valence-electron chi connectivity index (χ4n) is 2.47. The summed E-state index contributed by atoms with van der Waals surface area (Å²) < 4.78 is 4.88. The lowest BCUT2D eigenvalue weighted by molar-refractivity contribution is -0.139. The van der Waals surface area contributed by atoms with E-state index in [9.17, 15) is 9.59 Å². The van der Waals surface area contributed by atoms with E-state index in [1.54, 1.807) is 6.07 Å². The van der Waals surface area contributed by atoms with Crippen LogP contribution in [0.25, 0.3) is 0 Å². The minimum atomic E-state index is -1.05. The Morgan fingerprint density at radius 2 is 2.29 bits per heavy atom. The van der Waals surface area contributed by atoms with E-state index in [-0.39, 0.29) is 18.9 Å². The van der Waals surface area contributed by atoms with Crippen molar-refractivity contribution in [3.8, 4) is 0 Å². The third-order valence-corrected chi connectivity index (χ3v) is 3.60. The van der Waals surface area contributed by atoms with Crippen molar-refractivity contribution in [1.82, 2.24) is 10.6 Å². The molecule has 2 rings (SSSR count). The number of carbonyl (C=O) groups excluding carboxylic acids is 1. The van der Waals surface area contributed by atoms with Crippen molar-refractivity contribution in [2.75, 3.05) is 20.3 Å². The third-order valence-electron chi connectivity index (χ3n) is 3.60. The van der Waals surface area contributed by atoms with E-state index in [2.05, 4.69) is 10.6 Å². The molecule has 6 nitrogen and oxygen atoms in total. The van der Waals surface area contributed by atoms with E-state index >= 15 is 0 Å². The second kappa shape index (κ2) is 7.19. The second-order valence-corrected chi connectivity index (χ2v) is 5.02. The monoisotopic (exact) mass is 292 g/mol. The number of carboxylic acid groups (broad SMARTS) is 1. The highest BCUT2D eigenvalue weighted by Crippen LogP contribution is 2.18. The van der Waals surface area contributed by atoms with Gasteiger partial charge in [0, 0.05) is 32.2 Å². The number of hydrogen-bond donors (Lipinski definition) is 3. The average molecular weight is 292 g/mol. The Balaban J connectivity index is 2.14. The van der Waals surface area contributed by atoms with E-state index in [1.807, 2.05) is 12.1 Å². The highest BCUT2D eigenvalue weighted by molar-refractivity contribution is 5.98. The smallest absolute Gasteiger partial charge is 0.326 e. The Bertz CT molecular complexity index is 530. The molecule has 1 amide bonds. The lowest BCUT2D eigenvalue weighted by Gasteiger charge is -2.21. The van der Waals surface area contributed by atoms with E-state index in [0.29, 0.717) is 5.56 Å². The summed E-state index contributed by atoms with van der Waals surface area (Å²) >= 11 is 0. The number of methoxy groups -OCH3 is 1. The predicted octanol–water partition coefficient (Wildman–Crippen LogP) is 0.552. The number of amides is 1. The first-order valence-electron chi connectivity index (χ1n) is 6.97. The van der Waals surface area contributed by atoms with Crippen LogP contribution in [0.2, 0.25) is 0 Å². The molecular weight excluding hydrogens is 272 g/mol. The number of rotatable bonds is 6. The second-order valence-electron chi connectivity index (χ2n) is 5.02. The Kier molecular flexibility index (Phi) is 5.30. The van der Waals surface area contributed by atoms with Crippen LogP contribution in [-0.2, 0) is 22.5 Å². The molecule has 1 aromatic carbocycles. The zero-order valence-electron chi connectivity index (χ0n) is 12.0. The van der Waals surface area contributed by atoms with Crippen LogP contribution in [0.3, 0.4) is 0 Å². The van der Waals surface area contributed by atoms with Gasteiger partial charge in [-0.25, -0.2) is 4.79 Å². The third kappa shape index (κ3) is 3.80. The molecule has 1 aliphatic heterocycles. The zero-order chi connectivity index (χ0) is 15.2. The van der Waals surface area contributed by atoms with Crippen LogP contribution < -0.4 is 10.6 Å². The molecule has 0 aromatic heterocycles. The summed E-state index contributed by atoms with van der Waals surface area (Å²) in [5, 5.41) is 15.0. The van der Waals surface area contributed by atoms with Gasteiger partial charge in [0.1, 0.15) is 6.04 Å². The molecule has 21 heavy (non-hydrogen) atoms. The minimum Gasteiger partial charge on any atom is -0.480 e. The molecule has 1 aromatic rings. The Hall–Kier alpha value is -1.92. The van der Waals surface area contributed by atoms with Gasteiger partial charge in [0.25, 0.3) is 5.91 Å². The van der Waals surface area contributed by atoms with Crippen molar-refractivity contribution < 1.29 is 19.4 Å². The number of aliphatic carboxylic acids is 1. The van der Waals surface area contributed by atoms with Gasteiger partial charge in [0.15, 0.2) is 0 Å². The number of nitrogens with one attached hydrogen (secondary N) is 2. The predicted molar refractivity (Wildman–Crippen MR) is 77.2 cm³/mol. The van der Waals surface area contributed by atoms with Gasteiger partial charge in [-0.15, -0.1) is 0 Å². The van der Waals surface area contributed by atoms with Crippen LogP contribution in [0.1, 0.15) is 27.9 Å². The van der Waals surface area contributed by atoms with Gasteiger partial charge in [0.2, 0.25) is 0 Å². The van der Waals surface area contributed by atoms with Crippen LogP contribution in [0.5, 0.6) is 0 Å². The quantitative estimate of drug-likeness (QED) is 0.713. The van der Waals surface area contributed by atoms with Crippen molar-refractivity contribution in [1.29, 1.82) is 0 Å². The van der Waals surface area contributed by atoms with Gasteiger partial charge in [-0.05, 0) is 30.2 Å². The van der Waals surface area contributed by atoms with Gasteiger partial charge < -0.3 is 20.5 Å². The topological polar surface area (TPSA) is 87.7 Å².